The van der Waals surface area contributed by atoms with Gasteiger partial charge in [-0.15, -0.1) is 0 Å². The Morgan fingerprint density at radius 3 is 2.67 bits per heavy atom. The van der Waals surface area contributed by atoms with E-state index in [1.54, 1.807) is 0 Å². The summed E-state index contributed by atoms with van der Waals surface area (Å²) in [6.45, 7) is -0.232. The van der Waals surface area contributed by atoms with E-state index < -0.39 is 23.3 Å². The van der Waals surface area contributed by atoms with Crippen molar-refractivity contribution in [1.82, 2.24) is 4.57 Å². The third kappa shape index (κ3) is 3.15. The summed E-state index contributed by atoms with van der Waals surface area (Å²) in [4.78, 5) is 23.0. The van der Waals surface area contributed by atoms with Gasteiger partial charge in [-0.2, -0.15) is 13.2 Å². The van der Waals surface area contributed by atoms with Crippen LogP contribution < -0.4 is 5.56 Å². The highest BCUT2D eigenvalue weighted by Crippen LogP contribution is 2.28. The highest BCUT2D eigenvalue weighted by atomic mass is 19.4. The number of alkyl halides is 3. The summed E-state index contributed by atoms with van der Waals surface area (Å²) in [5.74, 6) is -0.920. The third-order valence-electron chi connectivity index (χ3n) is 2.77. The van der Waals surface area contributed by atoms with Crippen LogP contribution in [-0.4, -0.2) is 17.6 Å². The van der Waals surface area contributed by atoms with E-state index >= 15 is 0 Å². The molecule has 0 aromatic carbocycles. The molecule has 0 saturated heterocycles. The quantitative estimate of drug-likeness (QED) is 0.816. The average molecular weight is 301 g/mol. The Morgan fingerprint density at radius 1 is 1.33 bits per heavy atom. The zero-order valence-electron chi connectivity index (χ0n) is 10.8. The Labute approximate surface area is 116 Å². The fourth-order valence-electron chi connectivity index (χ4n) is 1.74. The van der Waals surface area contributed by atoms with Crippen LogP contribution in [0.5, 0.6) is 0 Å². The van der Waals surface area contributed by atoms with E-state index in [-0.39, 0.29) is 17.9 Å². The van der Waals surface area contributed by atoms with Crippen molar-refractivity contribution in [1.29, 1.82) is 0 Å². The smallest absolute Gasteiger partial charge is 0.417 e. The number of carbonyl (C=O) groups excluding carboxylic acids is 1. The van der Waals surface area contributed by atoms with Crippen LogP contribution in [0.3, 0.4) is 0 Å². The molecule has 0 amide bonds. The fraction of sp³-hybridized carbons (Fsp3) is 0.231. The van der Waals surface area contributed by atoms with E-state index in [0.29, 0.717) is 12.3 Å². The van der Waals surface area contributed by atoms with E-state index in [1.165, 1.54) is 12.3 Å². The minimum atomic E-state index is -4.56. The molecule has 2 rings (SSSR count). The van der Waals surface area contributed by atoms with Gasteiger partial charge in [-0.3, -0.25) is 4.79 Å². The van der Waals surface area contributed by atoms with E-state index in [0.717, 1.165) is 17.7 Å². The lowest BCUT2D eigenvalue weighted by Crippen LogP contribution is -2.22. The Balaban J connectivity index is 2.38. The second-order valence-corrected chi connectivity index (χ2v) is 4.15. The van der Waals surface area contributed by atoms with Crippen molar-refractivity contribution in [3.05, 3.63) is 57.9 Å². The maximum Gasteiger partial charge on any atom is 0.417 e. The van der Waals surface area contributed by atoms with E-state index in [1.807, 2.05) is 0 Å². The number of carbonyl (C=O) groups is 1. The van der Waals surface area contributed by atoms with Crippen molar-refractivity contribution in [2.24, 2.45) is 0 Å². The summed E-state index contributed by atoms with van der Waals surface area (Å²) in [7, 11) is 1.14. The molecule has 2 heterocycles. The van der Waals surface area contributed by atoms with Gasteiger partial charge in [-0.05, 0) is 12.1 Å². The standard InChI is InChI=1S/C13H10F3NO4/c1-20-12(19)11-8(4-5-21-11)6-17-7-9(13(14,15)16)2-3-10(17)18/h2-5,7H,6H2,1H3. The molecule has 2 aromatic rings. The SMILES string of the molecule is COC(=O)c1occc1Cn1cc(C(F)(F)F)ccc1=O. The number of esters is 1. The summed E-state index contributed by atoms with van der Waals surface area (Å²) in [6, 6.07) is 2.91. The molecule has 0 spiro atoms. The lowest BCUT2D eigenvalue weighted by molar-refractivity contribution is -0.138. The number of methoxy groups -OCH3 is 1. The van der Waals surface area contributed by atoms with E-state index in [2.05, 4.69) is 4.74 Å². The highest BCUT2D eigenvalue weighted by Gasteiger charge is 2.31. The van der Waals surface area contributed by atoms with Gasteiger partial charge in [-0.1, -0.05) is 0 Å². The number of halogens is 3. The number of rotatable bonds is 3. The molecule has 0 aliphatic carbocycles. The van der Waals surface area contributed by atoms with Gasteiger partial charge in [0.1, 0.15) is 0 Å². The van der Waals surface area contributed by atoms with Crippen LogP contribution >= 0.6 is 0 Å². The lowest BCUT2D eigenvalue weighted by Gasteiger charge is -2.10. The first-order valence-corrected chi connectivity index (χ1v) is 5.75. The van der Waals surface area contributed by atoms with Gasteiger partial charge < -0.3 is 13.7 Å². The molecule has 0 aliphatic heterocycles. The first kappa shape index (κ1) is 14.9. The number of furan rings is 1. The van der Waals surface area contributed by atoms with Crippen molar-refractivity contribution < 1.29 is 27.1 Å². The normalized spacial score (nSPS) is 11.4. The summed E-state index contributed by atoms with van der Waals surface area (Å²) < 4.78 is 48.1. The largest absolute Gasteiger partial charge is 0.463 e. The monoisotopic (exact) mass is 301 g/mol. The first-order chi connectivity index (χ1) is 9.82. The molecule has 21 heavy (non-hydrogen) atoms. The molecule has 0 saturated carbocycles. The highest BCUT2D eigenvalue weighted by molar-refractivity contribution is 5.87. The zero-order valence-corrected chi connectivity index (χ0v) is 10.8. The number of ether oxygens (including phenoxy) is 1. The molecule has 8 heteroatoms. The van der Waals surface area contributed by atoms with Crippen molar-refractivity contribution in [2.75, 3.05) is 7.11 Å². The molecule has 5 nitrogen and oxygen atoms in total. The first-order valence-electron chi connectivity index (χ1n) is 5.75. The van der Waals surface area contributed by atoms with Gasteiger partial charge in [0.25, 0.3) is 5.56 Å². The van der Waals surface area contributed by atoms with Crippen molar-refractivity contribution >= 4 is 5.97 Å². The fourth-order valence-corrected chi connectivity index (χ4v) is 1.74. The molecule has 0 unspecified atom stereocenters. The molecule has 112 valence electrons. The summed E-state index contributed by atoms with van der Waals surface area (Å²) in [5.41, 5.74) is -1.33. The Kier molecular flexibility index (Phi) is 3.88. The second kappa shape index (κ2) is 5.47. The van der Waals surface area contributed by atoms with E-state index in [9.17, 15) is 22.8 Å². The molecule has 2 aromatic heterocycles. The third-order valence-corrected chi connectivity index (χ3v) is 2.77. The Hall–Kier alpha value is -2.51. The summed E-state index contributed by atoms with van der Waals surface area (Å²) in [6.07, 6.45) is -2.67. The molecular formula is C13H10F3NO4. The number of aromatic nitrogens is 1. The van der Waals surface area contributed by atoms with Crippen LogP contribution in [0.15, 0.2) is 39.9 Å². The zero-order chi connectivity index (χ0) is 15.6. The van der Waals surface area contributed by atoms with Crippen LogP contribution in [0.4, 0.5) is 13.2 Å². The van der Waals surface area contributed by atoms with E-state index in [4.69, 9.17) is 4.42 Å². The van der Waals surface area contributed by atoms with Crippen molar-refractivity contribution in [3.8, 4) is 0 Å². The summed E-state index contributed by atoms with van der Waals surface area (Å²) >= 11 is 0. The number of pyridine rings is 1. The predicted molar refractivity (Wildman–Crippen MR) is 64.9 cm³/mol. The van der Waals surface area contributed by atoms with Gasteiger partial charge in [0.2, 0.25) is 5.76 Å². The second-order valence-electron chi connectivity index (χ2n) is 4.15. The molecule has 0 aliphatic rings. The molecule has 0 fully saturated rings. The average Bonchev–Trinajstić information content (AvgIpc) is 2.87. The van der Waals surface area contributed by atoms with Crippen LogP contribution in [0.25, 0.3) is 0 Å². The van der Waals surface area contributed by atoms with Gasteiger partial charge in [-0.25, -0.2) is 4.79 Å². The Bertz CT molecular complexity index is 715. The molecule has 0 radical (unpaired) electrons. The maximum absolute atomic E-state index is 12.6. The summed E-state index contributed by atoms with van der Waals surface area (Å²) in [5, 5.41) is 0. The minimum absolute atomic E-state index is 0.151. The molecule has 0 atom stereocenters. The molecule has 0 N–H and O–H groups in total. The number of nitrogens with zero attached hydrogens (tertiary/aromatic N) is 1. The van der Waals surface area contributed by atoms with Crippen molar-refractivity contribution in [3.63, 3.8) is 0 Å². The number of hydrogen-bond acceptors (Lipinski definition) is 4. The van der Waals surface area contributed by atoms with Crippen LogP contribution in [0.2, 0.25) is 0 Å². The van der Waals surface area contributed by atoms with Crippen molar-refractivity contribution in [2.45, 2.75) is 12.7 Å². The minimum Gasteiger partial charge on any atom is -0.463 e. The van der Waals surface area contributed by atoms with Gasteiger partial charge in [0.15, 0.2) is 0 Å². The predicted octanol–water partition coefficient (Wildman–Crippen LogP) is 2.29. The van der Waals surface area contributed by atoms with Gasteiger partial charge in [0.05, 0.1) is 25.5 Å². The molecular weight excluding hydrogens is 291 g/mol. The lowest BCUT2D eigenvalue weighted by atomic mass is 10.2. The maximum atomic E-state index is 12.6. The Morgan fingerprint density at radius 2 is 2.05 bits per heavy atom. The van der Waals surface area contributed by atoms with Crippen LogP contribution in [0, 0.1) is 0 Å². The van der Waals surface area contributed by atoms with Gasteiger partial charge in [0, 0.05) is 17.8 Å². The number of hydrogen-bond donors (Lipinski definition) is 0. The van der Waals surface area contributed by atoms with Crippen LogP contribution in [-0.2, 0) is 17.5 Å². The van der Waals surface area contributed by atoms with Crippen LogP contribution in [0.1, 0.15) is 21.7 Å². The van der Waals surface area contributed by atoms with Gasteiger partial charge >= 0.3 is 12.1 Å². The topological polar surface area (TPSA) is 61.4 Å². The molecule has 0 bridgehead atoms.